The van der Waals surface area contributed by atoms with Crippen molar-refractivity contribution in [2.75, 3.05) is 18.0 Å². The van der Waals surface area contributed by atoms with Crippen LogP contribution in [0, 0.1) is 0 Å². The van der Waals surface area contributed by atoms with Gasteiger partial charge in [-0.2, -0.15) is 0 Å². The lowest BCUT2D eigenvalue weighted by atomic mass is 10.2. The molecule has 0 atom stereocenters. The van der Waals surface area contributed by atoms with Crippen molar-refractivity contribution >= 4 is 21.9 Å². The molecule has 2 heterocycles. The molecule has 1 aliphatic heterocycles. The van der Waals surface area contributed by atoms with E-state index in [-0.39, 0.29) is 0 Å². The third-order valence-electron chi connectivity index (χ3n) is 2.50. The van der Waals surface area contributed by atoms with Crippen LogP contribution in [0.15, 0.2) is 16.9 Å². The number of aromatic nitrogens is 2. The van der Waals surface area contributed by atoms with E-state index in [1.54, 1.807) is 6.20 Å². The molecule has 3 nitrogen and oxygen atoms in total. The highest BCUT2D eigenvalue weighted by atomic mass is 79.9. The van der Waals surface area contributed by atoms with Crippen LogP contribution in [-0.2, 0) is 0 Å². The quantitative estimate of drug-likeness (QED) is 0.723. The molecular weight excluding hydrogens is 242 g/mol. The second-order valence-corrected chi connectivity index (χ2v) is 4.39. The van der Waals surface area contributed by atoms with E-state index in [0.717, 1.165) is 23.6 Å². The van der Waals surface area contributed by atoms with Crippen molar-refractivity contribution in [3.05, 3.63) is 16.9 Å². The standard InChI is InChI=1S/C10H14BrN3/c11-9-5-6-12-10(13-9)14-7-3-1-2-4-8-14/h5-6H,1-4,7-8H2. The first-order valence-corrected chi connectivity index (χ1v) is 5.89. The fraction of sp³-hybridized carbons (Fsp3) is 0.600. The summed E-state index contributed by atoms with van der Waals surface area (Å²) in [4.78, 5) is 10.9. The van der Waals surface area contributed by atoms with Crippen molar-refractivity contribution < 1.29 is 0 Å². The zero-order valence-corrected chi connectivity index (χ0v) is 9.70. The lowest BCUT2D eigenvalue weighted by molar-refractivity contribution is 0.726. The van der Waals surface area contributed by atoms with Crippen LogP contribution < -0.4 is 4.90 Å². The van der Waals surface area contributed by atoms with Crippen LogP contribution in [0.25, 0.3) is 0 Å². The van der Waals surface area contributed by atoms with Gasteiger partial charge in [0.1, 0.15) is 4.60 Å². The highest BCUT2D eigenvalue weighted by molar-refractivity contribution is 9.10. The average molecular weight is 256 g/mol. The third kappa shape index (κ3) is 2.44. The van der Waals surface area contributed by atoms with E-state index in [0.29, 0.717) is 0 Å². The van der Waals surface area contributed by atoms with Crippen LogP contribution in [0.1, 0.15) is 25.7 Å². The molecule has 1 fully saturated rings. The minimum atomic E-state index is 0.862. The molecular formula is C10H14BrN3. The lowest BCUT2D eigenvalue weighted by Crippen LogP contribution is -2.25. The first-order chi connectivity index (χ1) is 6.86. The minimum absolute atomic E-state index is 0.862. The Labute approximate surface area is 92.7 Å². The van der Waals surface area contributed by atoms with Gasteiger partial charge < -0.3 is 4.90 Å². The van der Waals surface area contributed by atoms with Crippen molar-refractivity contribution in [3.8, 4) is 0 Å². The van der Waals surface area contributed by atoms with Gasteiger partial charge in [0.15, 0.2) is 0 Å². The number of hydrogen-bond donors (Lipinski definition) is 0. The van der Waals surface area contributed by atoms with Gasteiger partial charge in [0.2, 0.25) is 5.95 Å². The molecule has 1 aromatic rings. The Morgan fingerprint density at radius 3 is 2.50 bits per heavy atom. The molecule has 0 N–H and O–H groups in total. The maximum Gasteiger partial charge on any atom is 0.226 e. The highest BCUT2D eigenvalue weighted by Gasteiger charge is 2.11. The van der Waals surface area contributed by atoms with Gasteiger partial charge in [0.05, 0.1) is 0 Å². The van der Waals surface area contributed by atoms with Crippen molar-refractivity contribution in [1.82, 2.24) is 9.97 Å². The van der Waals surface area contributed by atoms with Crippen molar-refractivity contribution in [1.29, 1.82) is 0 Å². The molecule has 1 saturated heterocycles. The van der Waals surface area contributed by atoms with Gasteiger partial charge in [-0.25, -0.2) is 9.97 Å². The molecule has 1 aliphatic rings. The van der Waals surface area contributed by atoms with E-state index < -0.39 is 0 Å². The van der Waals surface area contributed by atoms with Gasteiger partial charge in [-0.3, -0.25) is 0 Å². The summed E-state index contributed by atoms with van der Waals surface area (Å²) in [5.41, 5.74) is 0. The Morgan fingerprint density at radius 2 is 1.86 bits per heavy atom. The van der Waals surface area contributed by atoms with Crippen LogP contribution in [-0.4, -0.2) is 23.1 Å². The van der Waals surface area contributed by atoms with Gasteiger partial charge in [-0.15, -0.1) is 0 Å². The molecule has 0 saturated carbocycles. The summed E-state index contributed by atoms with van der Waals surface area (Å²) >= 11 is 3.37. The van der Waals surface area contributed by atoms with E-state index in [1.807, 2.05) is 6.07 Å². The summed E-state index contributed by atoms with van der Waals surface area (Å²) in [6.45, 7) is 2.19. The number of rotatable bonds is 1. The van der Waals surface area contributed by atoms with Gasteiger partial charge in [0.25, 0.3) is 0 Å². The first kappa shape index (κ1) is 9.90. The van der Waals surface area contributed by atoms with E-state index in [9.17, 15) is 0 Å². The second kappa shape index (κ2) is 4.73. The van der Waals surface area contributed by atoms with Gasteiger partial charge in [0, 0.05) is 19.3 Å². The maximum atomic E-state index is 4.37. The Hall–Kier alpha value is -0.640. The van der Waals surface area contributed by atoms with Crippen LogP contribution >= 0.6 is 15.9 Å². The predicted molar refractivity (Wildman–Crippen MR) is 60.4 cm³/mol. The van der Waals surface area contributed by atoms with E-state index in [2.05, 4.69) is 30.8 Å². The molecule has 0 spiro atoms. The molecule has 0 aromatic carbocycles. The Bertz CT molecular complexity index is 295. The van der Waals surface area contributed by atoms with Gasteiger partial charge in [-0.1, -0.05) is 12.8 Å². The predicted octanol–water partition coefficient (Wildman–Crippen LogP) is 2.62. The minimum Gasteiger partial charge on any atom is -0.341 e. The normalized spacial score (nSPS) is 17.9. The molecule has 0 amide bonds. The maximum absolute atomic E-state index is 4.37. The molecule has 0 bridgehead atoms. The van der Waals surface area contributed by atoms with Crippen molar-refractivity contribution in [2.24, 2.45) is 0 Å². The van der Waals surface area contributed by atoms with E-state index in [1.165, 1.54) is 25.7 Å². The van der Waals surface area contributed by atoms with Crippen molar-refractivity contribution in [2.45, 2.75) is 25.7 Å². The molecule has 1 aromatic heterocycles. The highest BCUT2D eigenvalue weighted by Crippen LogP contribution is 2.16. The average Bonchev–Trinajstić information content (AvgIpc) is 2.45. The second-order valence-electron chi connectivity index (χ2n) is 3.58. The number of nitrogens with zero attached hydrogens (tertiary/aromatic N) is 3. The third-order valence-corrected chi connectivity index (χ3v) is 2.94. The van der Waals surface area contributed by atoms with Gasteiger partial charge in [-0.05, 0) is 34.8 Å². The number of halogens is 1. The van der Waals surface area contributed by atoms with Crippen LogP contribution in [0.3, 0.4) is 0 Å². The molecule has 4 heteroatoms. The van der Waals surface area contributed by atoms with Crippen LogP contribution in [0.2, 0.25) is 0 Å². The zero-order chi connectivity index (χ0) is 9.80. The van der Waals surface area contributed by atoms with E-state index in [4.69, 9.17) is 0 Å². The van der Waals surface area contributed by atoms with Gasteiger partial charge >= 0.3 is 0 Å². The molecule has 0 unspecified atom stereocenters. The van der Waals surface area contributed by atoms with Crippen LogP contribution in [0.5, 0.6) is 0 Å². The topological polar surface area (TPSA) is 29.0 Å². The summed E-state index contributed by atoms with van der Waals surface area (Å²) in [6, 6.07) is 1.86. The molecule has 14 heavy (non-hydrogen) atoms. The fourth-order valence-electron chi connectivity index (χ4n) is 1.75. The fourth-order valence-corrected chi connectivity index (χ4v) is 2.03. The Kier molecular flexibility index (Phi) is 3.35. The first-order valence-electron chi connectivity index (χ1n) is 5.10. The van der Waals surface area contributed by atoms with E-state index >= 15 is 0 Å². The van der Waals surface area contributed by atoms with Crippen LogP contribution in [0.4, 0.5) is 5.95 Å². The summed E-state index contributed by atoms with van der Waals surface area (Å²) in [5, 5.41) is 0. The molecule has 2 rings (SSSR count). The monoisotopic (exact) mass is 255 g/mol. The Morgan fingerprint density at radius 1 is 1.14 bits per heavy atom. The number of anilines is 1. The summed E-state index contributed by atoms with van der Waals surface area (Å²) < 4.78 is 0.867. The Balaban J connectivity index is 2.12. The number of hydrogen-bond acceptors (Lipinski definition) is 3. The summed E-state index contributed by atoms with van der Waals surface area (Å²) in [6.07, 6.45) is 7.00. The zero-order valence-electron chi connectivity index (χ0n) is 8.12. The molecule has 0 aliphatic carbocycles. The molecule has 0 radical (unpaired) electrons. The summed E-state index contributed by atoms with van der Waals surface area (Å²) in [7, 11) is 0. The summed E-state index contributed by atoms with van der Waals surface area (Å²) in [5.74, 6) is 0.862. The molecule has 76 valence electrons. The largest absolute Gasteiger partial charge is 0.341 e. The lowest BCUT2D eigenvalue weighted by Gasteiger charge is -2.19. The SMILES string of the molecule is Brc1ccnc(N2CCCCCC2)n1. The smallest absolute Gasteiger partial charge is 0.226 e. The van der Waals surface area contributed by atoms with Crippen molar-refractivity contribution in [3.63, 3.8) is 0 Å².